The van der Waals surface area contributed by atoms with Crippen molar-refractivity contribution < 1.29 is 19.0 Å². The molecule has 1 aliphatic rings. The van der Waals surface area contributed by atoms with E-state index < -0.39 is 5.97 Å². The molecule has 0 aliphatic heterocycles. The van der Waals surface area contributed by atoms with Gasteiger partial charge in [0.05, 0.1) is 17.4 Å². The molecule has 0 radical (unpaired) electrons. The maximum absolute atomic E-state index is 13.9. The van der Waals surface area contributed by atoms with Crippen LogP contribution in [0.5, 0.6) is 5.75 Å². The lowest BCUT2D eigenvalue weighted by Gasteiger charge is -2.15. The lowest BCUT2D eigenvalue weighted by molar-refractivity contribution is -0.255. The number of allylic oxidation sites excluding steroid dienone is 2. The molecule has 0 bridgehead atoms. The molecule has 0 saturated heterocycles. The van der Waals surface area contributed by atoms with Crippen molar-refractivity contribution in [1.29, 1.82) is 0 Å². The molecule has 5 heteroatoms. The molecular weight excluding hydrogens is 369 g/mol. The minimum Gasteiger partial charge on any atom is -0.543 e. The van der Waals surface area contributed by atoms with Crippen molar-refractivity contribution in [3.8, 4) is 5.75 Å². The molecule has 0 fully saturated rings. The highest BCUT2D eigenvalue weighted by Crippen LogP contribution is 2.42. The first-order valence-corrected chi connectivity index (χ1v) is 9.50. The maximum Gasteiger partial charge on any atom is 0.129 e. The zero-order valence-electron chi connectivity index (χ0n) is 15.7. The molecule has 4 rings (SSSR count). The molecule has 29 heavy (non-hydrogen) atoms. The number of halogens is 1. The molecule has 1 aliphatic carbocycles. The smallest absolute Gasteiger partial charge is 0.129 e. The summed E-state index contributed by atoms with van der Waals surface area (Å²) in [5.74, 6) is -0.920. The Bertz CT molecular complexity index is 1090. The molecule has 0 unspecified atom stereocenters. The third-order valence-electron chi connectivity index (χ3n) is 5.04. The van der Waals surface area contributed by atoms with Crippen LogP contribution in [0.3, 0.4) is 0 Å². The van der Waals surface area contributed by atoms with E-state index in [1.807, 2.05) is 30.3 Å². The number of para-hydroxylation sites is 1. The van der Waals surface area contributed by atoms with E-state index in [9.17, 15) is 14.3 Å². The second-order valence-corrected chi connectivity index (χ2v) is 6.88. The second-order valence-electron chi connectivity index (χ2n) is 6.88. The SMILES string of the molecule is O=C([O-])c1cccc(C2=C(c3ccccc3OCc3ccccc3F)CCC2)n1. The fourth-order valence-corrected chi connectivity index (χ4v) is 3.65. The Morgan fingerprint density at radius 1 is 0.966 bits per heavy atom. The number of hydrogen-bond donors (Lipinski definition) is 0. The molecule has 0 saturated carbocycles. The zero-order chi connectivity index (χ0) is 20.2. The van der Waals surface area contributed by atoms with Gasteiger partial charge in [-0.05, 0) is 54.7 Å². The van der Waals surface area contributed by atoms with E-state index in [-0.39, 0.29) is 18.1 Å². The summed E-state index contributed by atoms with van der Waals surface area (Å²) >= 11 is 0. The first kappa shape index (κ1) is 18.9. The van der Waals surface area contributed by atoms with Crippen molar-refractivity contribution in [2.24, 2.45) is 0 Å². The van der Waals surface area contributed by atoms with Gasteiger partial charge in [-0.15, -0.1) is 0 Å². The Labute approximate surface area is 168 Å². The normalized spacial score (nSPS) is 13.6. The first-order chi connectivity index (χ1) is 14.1. The molecule has 0 N–H and O–H groups in total. The summed E-state index contributed by atoms with van der Waals surface area (Å²) < 4.78 is 19.9. The van der Waals surface area contributed by atoms with Gasteiger partial charge >= 0.3 is 0 Å². The van der Waals surface area contributed by atoms with Crippen molar-refractivity contribution in [2.45, 2.75) is 25.9 Å². The number of ether oxygens (including phenoxy) is 1. The van der Waals surface area contributed by atoms with Gasteiger partial charge in [-0.3, -0.25) is 0 Å². The van der Waals surface area contributed by atoms with Crippen molar-refractivity contribution >= 4 is 17.1 Å². The van der Waals surface area contributed by atoms with Gasteiger partial charge in [0.25, 0.3) is 0 Å². The molecule has 0 amide bonds. The van der Waals surface area contributed by atoms with Gasteiger partial charge < -0.3 is 14.6 Å². The number of nitrogens with zero attached hydrogens (tertiary/aromatic N) is 1. The summed E-state index contributed by atoms with van der Waals surface area (Å²) in [4.78, 5) is 15.4. The van der Waals surface area contributed by atoms with Gasteiger partial charge in [-0.2, -0.15) is 0 Å². The molecular formula is C24H19FNO3-. The van der Waals surface area contributed by atoms with Gasteiger partial charge in [0, 0.05) is 11.1 Å². The highest BCUT2D eigenvalue weighted by atomic mass is 19.1. The fraction of sp³-hybridized carbons (Fsp3) is 0.167. The van der Waals surface area contributed by atoms with E-state index in [1.54, 1.807) is 24.3 Å². The molecule has 1 heterocycles. The standard InChI is InChI=1S/C24H20FNO3/c25-20-11-3-1-7-16(20)15-29-23-14-4-2-8-19(23)17-9-5-10-18(17)21-12-6-13-22(26-21)24(27)28/h1-4,6-8,11-14H,5,9-10,15H2,(H,27,28)/p-1. The van der Waals surface area contributed by atoms with E-state index in [4.69, 9.17) is 4.74 Å². The van der Waals surface area contributed by atoms with Crippen LogP contribution in [0.15, 0.2) is 66.7 Å². The number of pyridine rings is 1. The Kier molecular flexibility index (Phi) is 5.38. The fourth-order valence-electron chi connectivity index (χ4n) is 3.65. The zero-order valence-corrected chi connectivity index (χ0v) is 15.7. The predicted molar refractivity (Wildman–Crippen MR) is 106 cm³/mol. The van der Waals surface area contributed by atoms with Crippen LogP contribution in [0.2, 0.25) is 0 Å². The quantitative estimate of drug-likeness (QED) is 0.633. The highest BCUT2D eigenvalue weighted by molar-refractivity contribution is 5.94. The van der Waals surface area contributed by atoms with E-state index in [2.05, 4.69) is 4.98 Å². The monoisotopic (exact) mass is 388 g/mol. The van der Waals surface area contributed by atoms with Crippen LogP contribution in [0.1, 0.15) is 46.6 Å². The molecule has 1 aromatic heterocycles. The van der Waals surface area contributed by atoms with E-state index in [0.29, 0.717) is 17.0 Å². The van der Waals surface area contributed by atoms with E-state index in [1.165, 1.54) is 12.1 Å². The van der Waals surface area contributed by atoms with Gasteiger partial charge in [0.15, 0.2) is 0 Å². The average Bonchev–Trinajstić information content (AvgIpc) is 3.23. The van der Waals surface area contributed by atoms with Crippen LogP contribution in [0.4, 0.5) is 4.39 Å². The molecule has 0 spiro atoms. The summed E-state index contributed by atoms with van der Waals surface area (Å²) in [7, 11) is 0. The van der Waals surface area contributed by atoms with E-state index >= 15 is 0 Å². The molecule has 4 nitrogen and oxygen atoms in total. The molecule has 146 valence electrons. The van der Waals surface area contributed by atoms with E-state index in [0.717, 1.165) is 36.0 Å². The molecule has 2 aromatic carbocycles. The van der Waals surface area contributed by atoms with Crippen LogP contribution in [0.25, 0.3) is 11.1 Å². The number of hydrogen-bond acceptors (Lipinski definition) is 4. The van der Waals surface area contributed by atoms with Crippen molar-refractivity contribution in [3.05, 3.63) is 95.1 Å². The Morgan fingerprint density at radius 2 is 1.72 bits per heavy atom. The third-order valence-corrected chi connectivity index (χ3v) is 5.04. The number of carbonyl (C=O) groups is 1. The summed E-state index contributed by atoms with van der Waals surface area (Å²) in [6, 6.07) is 19.1. The van der Waals surface area contributed by atoms with Gasteiger partial charge in [-0.1, -0.05) is 42.5 Å². The average molecular weight is 388 g/mol. The van der Waals surface area contributed by atoms with Crippen molar-refractivity contribution in [1.82, 2.24) is 4.98 Å². The second kappa shape index (κ2) is 8.27. The van der Waals surface area contributed by atoms with Crippen molar-refractivity contribution in [3.63, 3.8) is 0 Å². The van der Waals surface area contributed by atoms with Gasteiger partial charge in [-0.25, -0.2) is 9.37 Å². The topological polar surface area (TPSA) is 62.2 Å². The van der Waals surface area contributed by atoms with Crippen LogP contribution >= 0.6 is 0 Å². The number of carbonyl (C=O) groups excluding carboxylic acids is 1. The largest absolute Gasteiger partial charge is 0.543 e. The van der Waals surface area contributed by atoms with Crippen molar-refractivity contribution in [2.75, 3.05) is 0 Å². The predicted octanol–water partition coefficient (Wildman–Crippen LogP) is 4.26. The summed E-state index contributed by atoms with van der Waals surface area (Å²) in [6.45, 7) is 0.130. The first-order valence-electron chi connectivity index (χ1n) is 9.50. The maximum atomic E-state index is 13.9. The number of carboxylic acids is 1. The number of carboxylic acid groups (broad SMARTS) is 1. The molecule has 3 aromatic rings. The van der Waals surface area contributed by atoms with Crippen LogP contribution in [-0.2, 0) is 6.61 Å². The van der Waals surface area contributed by atoms with Crippen LogP contribution < -0.4 is 9.84 Å². The van der Waals surface area contributed by atoms with Gasteiger partial charge in [0.1, 0.15) is 18.2 Å². The summed E-state index contributed by atoms with van der Waals surface area (Å²) in [5.41, 5.74) is 4.07. The number of rotatable bonds is 6. The Hall–Kier alpha value is -3.47. The van der Waals surface area contributed by atoms with Crippen LogP contribution in [0, 0.1) is 5.82 Å². The number of benzene rings is 2. The molecule has 0 atom stereocenters. The number of aromatic carboxylic acids is 1. The lowest BCUT2D eigenvalue weighted by atomic mass is 9.99. The van der Waals surface area contributed by atoms with Crippen LogP contribution in [-0.4, -0.2) is 11.0 Å². The number of aromatic nitrogens is 1. The minimum absolute atomic E-state index is 0.0784. The highest BCUT2D eigenvalue weighted by Gasteiger charge is 2.21. The summed E-state index contributed by atoms with van der Waals surface area (Å²) in [5, 5.41) is 11.2. The summed E-state index contributed by atoms with van der Waals surface area (Å²) in [6.07, 6.45) is 2.59. The Balaban J connectivity index is 1.69. The third kappa shape index (κ3) is 4.04. The van der Waals surface area contributed by atoms with Gasteiger partial charge in [0.2, 0.25) is 0 Å². The minimum atomic E-state index is -1.29. The Morgan fingerprint density at radius 3 is 2.55 bits per heavy atom. The lowest BCUT2D eigenvalue weighted by Crippen LogP contribution is -2.23.